The average Bonchev–Trinajstić information content (AvgIpc) is 3.06. The lowest BCUT2D eigenvalue weighted by Gasteiger charge is -2.34. The predicted molar refractivity (Wildman–Crippen MR) is 157 cm³/mol. The van der Waals surface area contributed by atoms with Crippen molar-refractivity contribution in [2.45, 2.75) is 39.3 Å². The third-order valence-electron chi connectivity index (χ3n) is 7.15. The van der Waals surface area contributed by atoms with Crippen LogP contribution >= 0.6 is 0 Å². The van der Waals surface area contributed by atoms with Crippen molar-refractivity contribution in [2.75, 3.05) is 55.5 Å². The minimum atomic E-state index is -0.667. The molecule has 5 rings (SSSR count). The van der Waals surface area contributed by atoms with Crippen LogP contribution in [-0.4, -0.2) is 78.4 Å². The first-order valence-electron chi connectivity index (χ1n) is 13.8. The number of ether oxygens (including phenoxy) is 3. The standard InChI is InChI=1S/C30H35FN6O5/c1-6-36-17-30(3,4)42-26-24(27(36)38)25(34-28(35-26)37-13-14-41-16-18(37)2)19-7-9-20(10-8-19)32-29(39)33-23-15-21(40-5)11-12-22(23)31/h7-12,15,18H,6,13-14,16-17H2,1-5H3,(H2,32,33,39). The zero-order valence-corrected chi connectivity index (χ0v) is 24.4. The molecule has 0 saturated carbocycles. The highest BCUT2D eigenvalue weighted by Crippen LogP contribution is 2.37. The Morgan fingerprint density at radius 2 is 1.93 bits per heavy atom. The Balaban J connectivity index is 1.48. The van der Waals surface area contributed by atoms with Crippen LogP contribution in [0.1, 0.15) is 38.1 Å². The van der Waals surface area contributed by atoms with Crippen molar-refractivity contribution < 1.29 is 28.2 Å². The molecular formula is C30H35FN6O5. The maximum absolute atomic E-state index is 14.2. The smallest absolute Gasteiger partial charge is 0.323 e. The van der Waals surface area contributed by atoms with E-state index < -0.39 is 17.4 Å². The third kappa shape index (κ3) is 6.08. The van der Waals surface area contributed by atoms with Gasteiger partial charge < -0.3 is 34.6 Å². The maximum Gasteiger partial charge on any atom is 0.323 e. The second-order valence-corrected chi connectivity index (χ2v) is 10.9. The molecule has 2 aliphatic heterocycles. The summed E-state index contributed by atoms with van der Waals surface area (Å²) in [5.41, 5.74) is 1.15. The van der Waals surface area contributed by atoms with Crippen molar-refractivity contribution in [1.82, 2.24) is 14.9 Å². The van der Waals surface area contributed by atoms with E-state index in [9.17, 15) is 14.0 Å². The number of nitrogens with zero attached hydrogens (tertiary/aromatic N) is 4. The number of hydrogen-bond acceptors (Lipinski definition) is 8. The van der Waals surface area contributed by atoms with Gasteiger partial charge in [-0.2, -0.15) is 4.98 Å². The molecule has 3 aromatic rings. The molecule has 2 aromatic carbocycles. The van der Waals surface area contributed by atoms with Crippen molar-refractivity contribution in [3.8, 4) is 22.9 Å². The second-order valence-electron chi connectivity index (χ2n) is 10.9. The molecule has 11 nitrogen and oxygen atoms in total. The minimum Gasteiger partial charge on any atom is -0.497 e. The van der Waals surface area contributed by atoms with E-state index in [1.807, 2.05) is 27.7 Å². The normalized spacial score (nSPS) is 18.0. The van der Waals surface area contributed by atoms with E-state index in [-0.39, 0.29) is 23.5 Å². The highest BCUT2D eigenvalue weighted by atomic mass is 19.1. The molecule has 2 N–H and O–H groups in total. The molecule has 2 aliphatic rings. The van der Waals surface area contributed by atoms with Crippen molar-refractivity contribution in [3.05, 3.63) is 53.8 Å². The fourth-order valence-electron chi connectivity index (χ4n) is 5.02. The zero-order chi connectivity index (χ0) is 30.0. The summed E-state index contributed by atoms with van der Waals surface area (Å²) in [6.45, 7) is 10.4. The van der Waals surface area contributed by atoms with E-state index in [0.717, 1.165) is 0 Å². The lowest BCUT2D eigenvalue weighted by molar-refractivity contribution is 0.0541. The number of likely N-dealkylation sites (N-methyl/N-ethyl adjacent to an activating group) is 1. The summed E-state index contributed by atoms with van der Waals surface area (Å²) in [5.74, 6) is 0.301. The van der Waals surface area contributed by atoms with Gasteiger partial charge in [-0.15, -0.1) is 0 Å². The molecule has 0 spiro atoms. The van der Waals surface area contributed by atoms with Gasteiger partial charge in [0.1, 0.15) is 22.7 Å². The molecule has 3 amide bonds. The number of hydrogen-bond donors (Lipinski definition) is 2. The van der Waals surface area contributed by atoms with Gasteiger partial charge in [0.05, 0.1) is 44.3 Å². The van der Waals surface area contributed by atoms with Gasteiger partial charge in [-0.05, 0) is 52.0 Å². The molecule has 1 unspecified atom stereocenters. The largest absolute Gasteiger partial charge is 0.497 e. The molecule has 12 heteroatoms. The number of carbonyl (C=O) groups excluding carboxylic acids is 2. The summed E-state index contributed by atoms with van der Waals surface area (Å²) in [6.07, 6.45) is 0. The molecule has 1 fully saturated rings. The number of aromatic nitrogens is 2. The first kappa shape index (κ1) is 29.1. The first-order valence-corrected chi connectivity index (χ1v) is 13.8. The highest BCUT2D eigenvalue weighted by molar-refractivity contribution is 6.03. The second kappa shape index (κ2) is 11.8. The number of urea groups is 1. The van der Waals surface area contributed by atoms with E-state index in [4.69, 9.17) is 24.2 Å². The predicted octanol–water partition coefficient (Wildman–Crippen LogP) is 4.79. The Bertz CT molecular complexity index is 1480. The van der Waals surface area contributed by atoms with Gasteiger partial charge in [0, 0.05) is 30.4 Å². The van der Waals surface area contributed by atoms with E-state index in [0.29, 0.717) is 67.1 Å². The number of fused-ring (bicyclic) bond motifs is 1. The number of carbonyl (C=O) groups is 2. The third-order valence-corrected chi connectivity index (χ3v) is 7.15. The summed E-state index contributed by atoms with van der Waals surface area (Å²) in [6, 6.07) is 10.4. The average molecular weight is 579 g/mol. The van der Waals surface area contributed by atoms with Crippen LogP contribution in [0.2, 0.25) is 0 Å². The Labute approximate surface area is 244 Å². The van der Waals surface area contributed by atoms with Crippen LogP contribution in [0, 0.1) is 5.82 Å². The number of amides is 3. The van der Waals surface area contributed by atoms with Crippen LogP contribution in [0.3, 0.4) is 0 Å². The molecule has 1 aromatic heterocycles. The molecule has 222 valence electrons. The monoisotopic (exact) mass is 578 g/mol. The van der Waals surface area contributed by atoms with E-state index in [1.165, 1.54) is 25.3 Å². The molecule has 0 bridgehead atoms. The Kier molecular flexibility index (Phi) is 8.17. The van der Waals surface area contributed by atoms with Gasteiger partial charge in [0.2, 0.25) is 11.8 Å². The quantitative estimate of drug-likeness (QED) is 0.429. The van der Waals surface area contributed by atoms with E-state index in [2.05, 4.69) is 15.5 Å². The minimum absolute atomic E-state index is 0.0149. The number of rotatable bonds is 6. The van der Waals surface area contributed by atoms with Crippen LogP contribution in [-0.2, 0) is 4.74 Å². The van der Waals surface area contributed by atoms with Gasteiger partial charge in [0.15, 0.2) is 0 Å². The van der Waals surface area contributed by atoms with Crippen molar-refractivity contribution >= 4 is 29.3 Å². The highest BCUT2D eigenvalue weighted by Gasteiger charge is 2.38. The Morgan fingerprint density at radius 3 is 2.62 bits per heavy atom. The van der Waals surface area contributed by atoms with Crippen molar-refractivity contribution in [1.29, 1.82) is 0 Å². The number of methoxy groups -OCH3 is 1. The molecule has 0 radical (unpaired) electrons. The summed E-state index contributed by atoms with van der Waals surface area (Å²) in [4.78, 5) is 39.8. The molecule has 1 atom stereocenters. The number of nitrogens with one attached hydrogen (secondary N) is 2. The molecule has 1 saturated heterocycles. The number of benzene rings is 2. The molecule has 42 heavy (non-hydrogen) atoms. The van der Waals surface area contributed by atoms with Gasteiger partial charge >= 0.3 is 6.03 Å². The summed E-state index contributed by atoms with van der Waals surface area (Å²) < 4.78 is 31.2. The first-order chi connectivity index (χ1) is 20.1. The van der Waals surface area contributed by atoms with Crippen LogP contribution in [0.5, 0.6) is 11.6 Å². The summed E-state index contributed by atoms with van der Waals surface area (Å²) in [7, 11) is 1.46. The molecule has 3 heterocycles. The summed E-state index contributed by atoms with van der Waals surface area (Å²) >= 11 is 0. The van der Waals surface area contributed by atoms with Crippen LogP contribution < -0.4 is 25.0 Å². The molecular weight excluding hydrogens is 543 g/mol. The lowest BCUT2D eigenvalue weighted by atomic mass is 10.0. The SMILES string of the molecule is CCN1CC(C)(C)Oc2nc(N3CCOCC3C)nc(-c3ccc(NC(=O)Nc4cc(OC)ccc4F)cc3)c2C1=O. The van der Waals surface area contributed by atoms with Gasteiger partial charge in [-0.25, -0.2) is 14.2 Å². The number of anilines is 3. The van der Waals surface area contributed by atoms with E-state index >= 15 is 0 Å². The van der Waals surface area contributed by atoms with Gasteiger partial charge in [-0.3, -0.25) is 4.79 Å². The van der Waals surface area contributed by atoms with E-state index in [1.54, 1.807) is 29.2 Å². The number of morpholine rings is 1. The van der Waals surface area contributed by atoms with Crippen LogP contribution in [0.15, 0.2) is 42.5 Å². The van der Waals surface area contributed by atoms with Crippen molar-refractivity contribution in [2.24, 2.45) is 0 Å². The van der Waals surface area contributed by atoms with Crippen molar-refractivity contribution in [3.63, 3.8) is 0 Å². The topological polar surface area (TPSA) is 118 Å². The lowest BCUT2D eigenvalue weighted by Crippen LogP contribution is -2.44. The van der Waals surface area contributed by atoms with Gasteiger partial charge in [0.25, 0.3) is 5.91 Å². The van der Waals surface area contributed by atoms with Gasteiger partial charge in [-0.1, -0.05) is 12.1 Å². The zero-order valence-electron chi connectivity index (χ0n) is 24.4. The maximum atomic E-state index is 14.2. The fraction of sp³-hybridized carbons (Fsp3) is 0.400. The van der Waals surface area contributed by atoms with Crippen LogP contribution in [0.25, 0.3) is 11.3 Å². The Morgan fingerprint density at radius 1 is 1.17 bits per heavy atom. The fourth-order valence-corrected chi connectivity index (χ4v) is 5.02. The molecule has 0 aliphatic carbocycles. The number of halogens is 1. The van der Waals surface area contributed by atoms with Crippen LogP contribution in [0.4, 0.5) is 26.5 Å². The summed E-state index contributed by atoms with van der Waals surface area (Å²) in [5, 5.41) is 5.19. The Hall–Kier alpha value is -4.45.